The summed E-state index contributed by atoms with van der Waals surface area (Å²) in [5.74, 6) is 0. The predicted molar refractivity (Wildman–Crippen MR) is 88.9 cm³/mol. The van der Waals surface area contributed by atoms with Gasteiger partial charge < -0.3 is 5.32 Å². The summed E-state index contributed by atoms with van der Waals surface area (Å²) < 4.78 is 2.39. The van der Waals surface area contributed by atoms with Crippen LogP contribution in [0, 0.1) is 10.5 Å². The maximum atomic E-state index is 3.64. The Labute approximate surface area is 130 Å². The number of hydrogen-bond acceptors (Lipinski definition) is 1. The van der Waals surface area contributed by atoms with Gasteiger partial charge in [-0.3, -0.25) is 0 Å². The fraction of sp³-hybridized carbons (Fsp3) is 0.200. The molecule has 0 aliphatic rings. The lowest BCUT2D eigenvalue weighted by molar-refractivity contribution is 0.688. The zero-order chi connectivity index (χ0) is 13.1. The van der Waals surface area contributed by atoms with Crippen LogP contribution < -0.4 is 5.32 Å². The summed E-state index contributed by atoms with van der Waals surface area (Å²) in [7, 11) is 2.00. The third kappa shape index (κ3) is 3.13. The van der Waals surface area contributed by atoms with E-state index in [2.05, 4.69) is 93.2 Å². The highest BCUT2D eigenvalue weighted by molar-refractivity contribution is 14.1. The highest BCUT2D eigenvalue weighted by Crippen LogP contribution is 2.29. The number of aryl methyl sites for hydroxylation is 1. The van der Waals surface area contributed by atoms with E-state index >= 15 is 0 Å². The van der Waals surface area contributed by atoms with E-state index in [4.69, 9.17) is 0 Å². The van der Waals surface area contributed by atoms with Crippen molar-refractivity contribution in [3.63, 3.8) is 0 Å². The van der Waals surface area contributed by atoms with Crippen LogP contribution in [0.1, 0.15) is 22.7 Å². The van der Waals surface area contributed by atoms with Crippen LogP contribution in [0.3, 0.4) is 0 Å². The maximum absolute atomic E-state index is 3.64. The fourth-order valence-corrected chi connectivity index (χ4v) is 2.99. The van der Waals surface area contributed by atoms with Crippen LogP contribution in [0.4, 0.5) is 0 Å². The second kappa shape index (κ2) is 6.17. The van der Waals surface area contributed by atoms with Gasteiger partial charge in [0.25, 0.3) is 0 Å². The second-order valence-corrected chi connectivity index (χ2v) is 6.40. The molecule has 0 spiro atoms. The molecule has 0 aliphatic carbocycles. The van der Waals surface area contributed by atoms with Crippen LogP contribution in [0.2, 0.25) is 0 Å². The Kier molecular flexibility index (Phi) is 4.81. The van der Waals surface area contributed by atoms with Gasteiger partial charge >= 0.3 is 0 Å². The average molecular weight is 416 g/mol. The third-order valence-corrected chi connectivity index (χ3v) is 4.36. The minimum Gasteiger partial charge on any atom is -0.309 e. The molecule has 1 atom stereocenters. The van der Waals surface area contributed by atoms with Gasteiger partial charge in [0.1, 0.15) is 0 Å². The monoisotopic (exact) mass is 415 g/mol. The molecular formula is C15H15BrIN. The summed E-state index contributed by atoms with van der Waals surface area (Å²) in [6.07, 6.45) is 0. The highest BCUT2D eigenvalue weighted by atomic mass is 127. The number of nitrogens with one attached hydrogen (secondary N) is 1. The Morgan fingerprint density at radius 3 is 2.39 bits per heavy atom. The zero-order valence-electron chi connectivity index (χ0n) is 10.4. The second-order valence-electron chi connectivity index (χ2n) is 4.30. The lowest BCUT2D eigenvalue weighted by Crippen LogP contribution is -2.18. The summed E-state index contributed by atoms with van der Waals surface area (Å²) in [4.78, 5) is 0. The van der Waals surface area contributed by atoms with Crippen LogP contribution in [0.25, 0.3) is 0 Å². The standard InChI is InChI=1S/C15H15BrIN/c1-10-3-5-11(6-4-10)15(18-2)13-9-12(17)7-8-14(13)16/h3-9,15,18H,1-2H3. The van der Waals surface area contributed by atoms with Crippen molar-refractivity contribution < 1.29 is 0 Å². The normalized spacial score (nSPS) is 12.4. The summed E-state index contributed by atoms with van der Waals surface area (Å²) in [5.41, 5.74) is 3.84. The summed E-state index contributed by atoms with van der Waals surface area (Å²) in [5, 5.41) is 3.39. The summed E-state index contributed by atoms with van der Waals surface area (Å²) in [6.45, 7) is 2.11. The van der Waals surface area contributed by atoms with Crippen LogP contribution in [-0.4, -0.2) is 7.05 Å². The Balaban J connectivity index is 2.44. The lowest BCUT2D eigenvalue weighted by atomic mass is 9.98. The van der Waals surface area contributed by atoms with Crippen LogP contribution in [0.15, 0.2) is 46.9 Å². The molecule has 2 aromatic carbocycles. The number of hydrogen-bond donors (Lipinski definition) is 1. The molecule has 0 aliphatic heterocycles. The van der Waals surface area contributed by atoms with Crippen LogP contribution >= 0.6 is 38.5 Å². The Bertz CT molecular complexity index is 537. The van der Waals surface area contributed by atoms with E-state index in [0.29, 0.717) is 0 Å². The lowest BCUT2D eigenvalue weighted by Gasteiger charge is -2.19. The van der Waals surface area contributed by atoms with Gasteiger partial charge in [0.05, 0.1) is 6.04 Å². The predicted octanol–water partition coefficient (Wildman–Crippen LogP) is 4.67. The molecule has 0 fully saturated rings. The highest BCUT2D eigenvalue weighted by Gasteiger charge is 2.14. The summed E-state index contributed by atoms with van der Waals surface area (Å²) in [6, 6.07) is 15.3. The maximum Gasteiger partial charge on any atom is 0.0585 e. The molecule has 18 heavy (non-hydrogen) atoms. The molecule has 1 N–H and O–H groups in total. The molecule has 0 radical (unpaired) electrons. The Hall–Kier alpha value is -0.390. The quantitative estimate of drug-likeness (QED) is 0.718. The van der Waals surface area contributed by atoms with Crippen molar-refractivity contribution in [2.24, 2.45) is 0 Å². The van der Waals surface area contributed by atoms with Gasteiger partial charge in [-0.15, -0.1) is 0 Å². The van der Waals surface area contributed by atoms with E-state index in [-0.39, 0.29) is 6.04 Å². The van der Waals surface area contributed by atoms with Crippen molar-refractivity contribution in [2.45, 2.75) is 13.0 Å². The van der Waals surface area contributed by atoms with Gasteiger partial charge in [-0.1, -0.05) is 45.8 Å². The van der Waals surface area contributed by atoms with Gasteiger partial charge in [0.15, 0.2) is 0 Å². The first-order chi connectivity index (χ1) is 8.61. The first-order valence-electron chi connectivity index (χ1n) is 5.80. The van der Waals surface area contributed by atoms with Gasteiger partial charge in [0.2, 0.25) is 0 Å². The topological polar surface area (TPSA) is 12.0 Å². The Morgan fingerprint density at radius 2 is 1.78 bits per heavy atom. The number of rotatable bonds is 3. The molecule has 0 amide bonds. The van der Waals surface area contributed by atoms with Crippen molar-refractivity contribution in [1.82, 2.24) is 5.32 Å². The van der Waals surface area contributed by atoms with Crippen molar-refractivity contribution in [3.8, 4) is 0 Å². The fourth-order valence-electron chi connectivity index (χ4n) is 2.00. The molecule has 0 saturated heterocycles. The minimum absolute atomic E-state index is 0.217. The van der Waals surface area contributed by atoms with Crippen molar-refractivity contribution >= 4 is 38.5 Å². The molecule has 94 valence electrons. The van der Waals surface area contributed by atoms with Gasteiger partial charge in [-0.25, -0.2) is 0 Å². The van der Waals surface area contributed by atoms with Gasteiger partial charge in [-0.2, -0.15) is 0 Å². The molecule has 3 heteroatoms. The van der Waals surface area contributed by atoms with E-state index in [1.807, 2.05) is 7.05 Å². The largest absolute Gasteiger partial charge is 0.309 e. The van der Waals surface area contributed by atoms with E-state index in [1.54, 1.807) is 0 Å². The zero-order valence-corrected chi connectivity index (χ0v) is 14.1. The van der Waals surface area contributed by atoms with Gasteiger partial charge in [-0.05, 0) is 65.9 Å². The van der Waals surface area contributed by atoms with Crippen molar-refractivity contribution in [1.29, 1.82) is 0 Å². The van der Waals surface area contributed by atoms with Crippen molar-refractivity contribution in [2.75, 3.05) is 7.05 Å². The first-order valence-corrected chi connectivity index (χ1v) is 7.68. The van der Waals surface area contributed by atoms with E-state index < -0.39 is 0 Å². The van der Waals surface area contributed by atoms with E-state index in [9.17, 15) is 0 Å². The van der Waals surface area contributed by atoms with Gasteiger partial charge in [0, 0.05) is 8.04 Å². The molecule has 2 aromatic rings. The molecule has 0 heterocycles. The molecule has 0 aromatic heterocycles. The number of benzene rings is 2. The van der Waals surface area contributed by atoms with Crippen LogP contribution in [-0.2, 0) is 0 Å². The molecule has 0 bridgehead atoms. The summed E-state index contributed by atoms with van der Waals surface area (Å²) >= 11 is 5.99. The average Bonchev–Trinajstić information content (AvgIpc) is 2.37. The van der Waals surface area contributed by atoms with E-state index in [1.165, 1.54) is 20.3 Å². The smallest absolute Gasteiger partial charge is 0.0585 e. The molecule has 1 unspecified atom stereocenters. The molecule has 2 rings (SSSR count). The SMILES string of the molecule is CNC(c1ccc(C)cc1)c1cc(I)ccc1Br. The third-order valence-electron chi connectivity index (χ3n) is 2.97. The number of halogens is 2. The minimum atomic E-state index is 0.217. The van der Waals surface area contributed by atoms with Crippen LogP contribution in [0.5, 0.6) is 0 Å². The Morgan fingerprint density at radius 1 is 1.11 bits per heavy atom. The van der Waals surface area contributed by atoms with E-state index in [0.717, 1.165) is 4.47 Å². The molecule has 0 saturated carbocycles. The van der Waals surface area contributed by atoms with Crippen molar-refractivity contribution in [3.05, 3.63) is 67.2 Å². The molecule has 1 nitrogen and oxygen atoms in total. The molecular weight excluding hydrogens is 401 g/mol. The first kappa shape index (κ1) is 14.0.